The smallest absolute Gasteiger partial charge is 0.299 e. The van der Waals surface area contributed by atoms with Crippen LogP contribution in [0.15, 0.2) is 71.4 Å². The van der Waals surface area contributed by atoms with E-state index in [0.717, 1.165) is 28.9 Å². The van der Waals surface area contributed by atoms with E-state index in [2.05, 4.69) is 65.5 Å². The largest absolute Gasteiger partial charge is 0.428 e. The molecule has 0 radical (unpaired) electrons. The number of nitrogens with one attached hydrogen (secondary N) is 1. The molecule has 0 aliphatic carbocycles. The summed E-state index contributed by atoms with van der Waals surface area (Å²) in [6.45, 7) is 7.95. The van der Waals surface area contributed by atoms with E-state index in [1.165, 1.54) is 11.1 Å². The van der Waals surface area contributed by atoms with Crippen LogP contribution in [0, 0.1) is 12.8 Å². The van der Waals surface area contributed by atoms with E-state index in [4.69, 9.17) is 4.42 Å². The highest BCUT2D eigenvalue weighted by Crippen LogP contribution is 2.29. The number of benzene rings is 2. The van der Waals surface area contributed by atoms with Crippen molar-refractivity contribution in [2.75, 3.05) is 5.32 Å². The van der Waals surface area contributed by atoms with Crippen molar-refractivity contribution in [1.82, 2.24) is 9.97 Å². The summed E-state index contributed by atoms with van der Waals surface area (Å²) in [5, 5.41) is 3.20. The fourth-order valence-electron chi connectivity index (χ4n) is 3.74. The van der Waals surface area contributed by atoms with Gasteiger partial charge in [0.15, 0.2) is 5.78 Å². The normalized spacial score (nSPS) is 11.1. The molecule has 2 aromatic carbocycles. The van der Waals surface area contributed by atoms with Gasteiger partial charge in [0.25, 0.3) is 6.01 Å². The van der Waals surface area contributed by atoms with Gasteiger partial charge in [-0.15, -0.1) is 0 Å². The predicted octanol–water partition coefficient (Wildman–Crippen LogP) is 6.78. The first-order chi connectivity index (χ1) is 15.9. The van der Waals surface area contributed by atoms with Crippen LogP contribution in [0.4, 0.5) is 11.7 Å². The van der Waals surface area contributed by atoms with Gasteiger partial charge in [0.2, 0.25) is 0 Å². The Morgan fingerprint density at radius 1 is 0.970 bits per heavy atom. The van der Waals surface area contributed by atoms with Crippen molar-refractivity contribution in [3.05, 3.63) is 95.1 Å². The summed E-state index contributed by atoms with van der Waals surface area (Å²) in [4.78, 5) is 21.7. The third-order valence-electron chi connectivity index (χ3n) is 5.57. The van der Waals surface area contributed by atoms with E-state index in [1.807, 2.05) is 32.0 Å². The molecule has 5 nitrogen and oxygen atoms in total. The Kier molecular flexibility index (Phi) is 6.68. The van der Waals surface area contributed by atoms with Crippen LogP contribution in [0.1, 0.15) is 53.7 Å². The quantitative estimate of drug-likeness (QED) is 0.306. The lowest BCUT2D eigenvalue weighted by Gasteiger charge is -2.12. The minimum Gasteiger partial charge on any atom is -0.428 e. The number of rotatable bonds is 8. The van der Waals surface area contributed by atoms with Crippen molar-refractivity contribution >= 4 is 17.5 Å². The average molecular weight is 440 g/mol. The van der Waals surface area contributed by atoms with Crippen molar-refractivity contribution in [3.8, 4) is 11.1 Å². The molecule has 2 heterocycles. The molecule has 0 spiro atoms. The Morgan fingerprint density at radius 2 is 1.76 bits per heavy atom. The molecule has 0 bridgehead atoms. The summed E-state index contributed by atoms with van der Waals surface area (Å²) in [5.41, 5.74) is 6.58. The second-order valence-electron chi connectivity index (χ2n) is 8.62. The molecule has 0 aliphatic rings. The van der Waals surface area contributed by atoms with E-state index in [9.17, 15) is 4.79 Å². The molecule has 0 saturated carbocycles. The first-order valence-electron chi connectivity index (χ1n) is 11.3. The number of ketones is 1. The van der Waals surface area contributed by atoms with Crippen LogP contribution >= 0.6 is 0 Å². The van der Waals surface area contributed by atoms with Gasteiger partial charge in [-0.3, -0.25) is 9.78 Å². The number of oxazole rings is 1. The fraction of sp³-hybridized carbons (Fsp3) is 0.250. The third-order valence-corrected chi connectivity index (χ3v) is 5.57. The summed E-state index contributed by atoms with van der Waals surface area (Å²) >= 11 is 0. The van der Waals surface area contributed by atoms with E-state index in [1.54, 1.807) is 12.4 Å². The van der Waals surface area contributed by atoms with Gasteiger partial charge < -0.3 is 9.73 Å². The highest BCUT2D eigenvalue weighted by molar-refractivity contribution is 6.01. The van der Waals surface area contributed by atoms with Crippen molar-refractivity contribution in [1.29, 1.82) is 0 Å². The zero-order valence-electron chi connectivity index (χ0n) is 19.6. The lowest BCUT2D eigenvalue weighted by molar-refractivity contribution is 0.0935. The van der Waals surface area contributed by atoms with Crippen molar-refractivity contribution in [2.45, 2.75) is 40.5 Å². The lowest BCUT2D eigenvalue weighted by atomic mass is 10.00. The molecule has 0 atom stereocenters. The molecular weight excluding hydrogens is 410 g/mol. The molecule has 0 fully saturated rings. The number of Topliss-reactive ketones (excluding diaryl/α,β-unsaturated/α-hetero) is 1. The number of aryl methyl sites for hydroxylation is 2. The number of carbonyl (C=O) groups excluding carboxylic acids is 1. The monoisotopic (exact) mass is 439 g/mol. The lowest BCUT2D eigenvalue weighted by Crippen LogP contribution is -2.12. The summed E-state index contributed by atoms with van der Waals surface area (Å²) in [7, 11) is 0. The topological polar surface area (TPSA) is 68.0 Å². The highest BCUT2D eigenvalue weighted by Gasteiger charge is 2.19. The molecule has 0 unspecified atom stereocenters. The standard InChI is InChI=1S/C28H29N3O2/c1-5-20-9-7-11-22(13-20)23-15-25(26(29-16-23)27(32)18(2)3)31-28-30-17-24(33-28)14-21-10-6-8-19(4)12-21/h6-13,15-18H,5,14H2,1-4H3,(H,30,31). The number of aromatic nitrogens is 2. The Labute approximate surface area is 194 Å². The predicted molar refractivity (Wildman–Crippen MR) is 132 cm³/mol. The van der Waals surface area contributed by atoms with Gasteiger partial charge in [-0.25, -0.2) is 4.98 Å². The van der Waals surface area contributed by atoms with Crippen molar-refractivity contribution < 1.29 is 9.21 Å². The van der Waals surface area contributed by atoms with Gasteiger partial charge in [0.05, 0.1) is 11.9 Å². The van der Waals surface area contributed by atoms with Crippen molar-refractivity contribution in [3.63, 3.8) is 0 Å². The number of hydrogen-bond acceptors (Lipinski definition) is 5. The second kappa shape index (κ2) is 9.82. The highest BCUT2D eigenvalue weighted by atomic mass is 16.4. The Balaban J connectivity index is 1.65. The van der Waals surface area contributed by atoms with E-state index in [0.29, 0.717) is 23.8 Å². The molecule has 4 aromatic rings. The van der Waals surface area contributed by atoms with Crippen LogP contribution in [0.2, 0.25) is 0 Å². The maximum Gasteiger partial charge on any atom is 0.299 e. The van der Waals surface area contributed by atoms with Crippen LogP contribution < -0.4 is 5.32 Å². The molecule has 4 rings (SSSR count). The van der Waals surface area contributed by atoms with Gasteiger partial charge in [-0.1, -0.05) is 74.9 Å². The fourth-order valence-corrected chi connectivity index (χ4v) is 3.74. The molecule has 0 amide bonds. The Hall–Kier alpha value is -3.73. The van der Waals surface area contributed by atoms with Crippen LogP contribution in [0.5, 0.6) is 0 Å². The third kappa shape index (κ3) is 5.37. The molecule has 1 N–H and O–H groups in total. The van der Waals surface area contributed by atoms with Gasteiger partial charge in [0.1, 0.15) is 11.5 Å². The first-order valence-corrected chi connectivity index (χ1v) is 11.3. The molecule has 5 heteroatoms. The average Bonchev–Trinajstić information content (AvgIpc) is 3.25. The summed E-state index contributed by atoms with van der Waals surface area (Å²) in [6, 6.07) is 18.9. The van der Waals surface area contributed by atoms with E-state index < -0.39 is 0 Å². The van der Waals surface area contributed by atoms with Crippen LogP contribution in [-0.4, -0.2) is 15.8 Å². The minimum absolute atomic E-state index is 0.0297. The molecule has 0 aliphatic heterocycles. The van der Waals surface area contributed by atoms with Crippen molar-refractivity contribution in [2.24, 2.45) is 5.92 Å². The van der Waals surface area contributed by atoms with E-state index >= 15 is 0 Å². The molecule has 33 heavy (non-hydrogen) atoms. The van der Waals surface area contributed by atoms with Gasteiger partial charge >= 0.3 is 0 Å². The number of pyridine rings is 1. The van der Waals surface area contributed by atoms with E-state index in [-0.39, 0.29) is 11.7 Å². The van der Waals surface area contributed by atoms with Gasteiger partial charge in [-0.2, -0.15) is 0 Å². The van der Waals surface area contributed by atoms with Gasteiger partial charge in [-0.05, 0) is 36.1 Å². The summed E-state index contributed by atoms with van der Waals surface area (Å²) < 4.78 is 5.95. The minimum atomic E-state index is -0.172. The van der Waals surface area contributed by atoms with Gasteiger partial charge in [0, 0.05) is 24.1 Å². The summed E-state index contributed by atoms with van der Waals surface area (Å²) in [5.74, 6) is 0.547. The Morgan fingerprint density at radius 3 is 2.52 bits per heavy atom. The Bertz CT molecular complexity index is 1270. The SMILES string of the molecule is CCc1cccc(-c2cnc(C(=O)C(C)C)c(Nc3ncc(Cc4cccc(C)c4)o3)c2)c1. The van der Waals surface area contributed by atoms with Crippen LogP contribution in [-0.2, 0) is 12.8 Å². The van der Waals surface area contributed by atoms with Crippen LogP contribution in [0.25, 0.3) is 11.1 Å². The molecule has 0 saturated heterocycles. The summed E-state index contributed by atoms with van der Waals surface area (Å²) in [6.07, 6.45) is 5.08. The maximum atomic E-state index is 12.8. The number of anilines is 2. The zero-order chi connectivity index (χ0) is 23.4. The maximum absolute atomic E-state index is 12.8. The second-order valence-corrected chi connectivity index (χ2v) is 8.62. The van der Waals surface area contributed by atoms with Crippen LogP contribution in [0.3, 0.4) is 0 Å². The molecule has 168 valence electrons. The molecule has 2 aromatic heterocycles. The number of carbonyl (C=O) groups is 1. The zero-order valence-corrected chi connectivity index (χ0v) is 19.6. The first kappa shape index (κ1) is 22.5. The number of hydrogen-bond donors (Lipinski definition) is 1. The molecular formula is C28H29N3O2. The number of nitrogens with zero attached hydrogens (tertiary/aromatic N) is 2.